The first-order chi connectivity index (χ1) is 33.0. The summed E-state index contributed by atoms with van der Waals surface area (Å²) < 4.78 is 0. The Balaban J connectivity index is 1.32. The fraction of sp³-hybridized carbons (Fsp3) is 0.382. The van der Waals surface area contributed by atoms with Crippen molar-refractivity contribution in [2.45, 2.75) is 169 Å². The van der Waals surface area contributed by atoms with E-state index in [0.717, 1.165) is 6.42 Å². The van der Waals surface area contributed by atoms with Crippen LogP contribution in [0.3, 0.4) is 0 Å². The molecular weight excluding hydrogens is 856 g/mol. The number of benzene rings is 7. The molecule has 0 amide bonds. The van der Waals surface area contributed by atoms with Gasteiger partial charge in [-0.1, -0.05) is 203 Å². The second-order valence-corrected chi connectivity index (χ2v) is 27.5. The first-order valence-corrected chi connectivity index (χ1v) is 26.6. The standard InChI is InChI=1S/C68H77BN2/c1-41-32-49-50(66(13,14)40-65(49,11)12)38-57(41)71-58-39-52-51(67(15,16)47-26-22-23-27-48(47)68(52,17)18)37-54(58)69-53-34-44(63(5,6)7)29-31-56(53)70(59-35-45(64(8,9)10)36-60(71)61(59)69)55-30-28-43(62(2,3)4)33-46(55)42-24-20-19-21-25-42/h19-39H,40H2,1-18H3. The average Bonchev–Trinajstić information content (AvgIpc) is 3.47. The van der Waals surface area contributed by atoms with Crippen LogP contribution < -0.4 is 26.2 Å². The zero-order valence-corrected chi connectivity index (χ0v) is 46.3. The molecule has 11 rings (SSSR count). The van der Waals surface area contributed by atoms with Crippen molar-refractivity contribution in [3.05, 3.63) is 183 Å². The Bertz CT molecular complexity index is 3360. The van der Waals surface area contributed by atoms with Crippen molar-refractivity contribution >= 4 is 57.2 Å². The zero-order valence-electron chi connectivity index (χ0n) is 46.3. The molecule has 0 radical (unpaired) electrons. The van der Waals surface area contributed by atoms with E-state index in [4.69, 9.17) is 0 Å². The predicted molar refractivity (Wildman–Crippen MR) is 308 cm³/mol. The highest BCUT2D eigenvalue weighted by molar-refractivity contribution is 7.00. The highest BCUT2D eigenvalue weighted by Gasteiger charge is 2.50. The monoisotopic (exact) mass is 933 g/mol. The Kier molecular flexibility index (Phi) is 10.1. The summed E-state index contributed by atoms with van der Waals surface area (Å²) in [4.78, 5) is 5.42. The quantitative estimate of drug-likeness (QED) is 0.163. The highest BCUT2D eigenvalue weighted by atomic mass is 15.2. The van der Waals surface area contributed by atoms with Gasteiger partial charge in [0.05, 0.1) is 5.69 Å². The third-order valence-electron chi connectivity index (χ3n) is 17.7. The van der Waals surface area contributed by atoms with Crippen molar-refractivity contribution in [3.63, 3.8) is 0 Å². The number of hydrogen-bond donors (Lipinski definition) is 0. The van der Waals surface area contributed by atoms with Crippen LogP contribution in [0.5, 0.6) is 0 Å². The Morgan fingerprint density at radius 3 is 1.42 bits per heavy atom. The molecule has 0 bridgehead atoms. The predicted octanol–water partition coefficient (Wildman–Crippen LogP) is 16.6. The third kappa shape index (κ3) is 7.09. The second-order valence-electron chi connectivity index (χ2n) is 27.5. The normalized spacial score (nSPS) is 17.7. The van der Waals surface area contributed by atoms with Gasteiger partial charge < -0.3 is 9.80 Å². The van der Waals surface area contributed by atoms with Gasteiger partial charge in [-0.15, -0.1) is 0 Å². The van der Waals surface area contributed by atoms with E-state index in [1.165, 1.54) is 117 Å². The van der Waals surface area contributed by atoms with E-state index in [0.29, 0.717) is 0 Å². The van der Waals surface area contributed by atoms with Gasteiger partial charge in [0.2, 0.25) is 0 Å². The second kappa shape index (κ2) is 15.1. The Labute approximate surface area is 428 Å². The average molecular weight is 933 g/mol. The van der Waals surface area contributed by atoms with Crippen molar-refractivity contribution in [1.29, 1.82) is 0 Å². The van der Waals surface area contributed by atoms with Gasteiger partial charge in [-0.05, 0) is 160 Å². The van der Waals surface area contributed by atoms with Crippen LogP contribution in [0.15, 0.2) is 127 Å². The van der Waals surface area contributed by atoms with Crippen LogP contribution in [0.2, 0.25) is 0 Å². The first-order valence-electron chi connectivity index (χ1n) is 26.6. The van der Waals surface area contributed by atoms with Crippen molar-refractivity contribution in [2.24, 2.45) is 0 Å². The Hall–Kier alpha value is -5.80. The van der Waals surface area contributed by atoms with Crippen LogP contribution in [0.1, 0.15) is 180 Å². The minimum Gasteiger partial charge on any atom is -0.311 e. The molecule has 362 valence electrons. The van der Waals surface area contributed by atoms with Gasteiger partial charge >= 0.3 is 0 Å². The first kappa shape index (κ1) is 47.5. The summed E-state index contributed by atoms with van der Waals surface area (Å²) in [6.45, 7) is 43.4. The molecule has 0 saturated heterocycles. The number of anilines is 6. The molecule has 7 aromatic rings. The molecule has 7 aromatic carbocycles. The number of nitrogens with zero attached hydrogens (tertiary/aromatic N) is 2. The molecule has 2 nitrogen and oxygen atoms in total. The van der Waals surface area contributed by atoms with E-state index in [1.807, 2.05) is 0 Å². The third-order valence-corrected chi connectivity index (χ3v) is 17.7. The van der Waals surface area contributed by atoms with Crippen molar-refractivity contribution in [2.75, 3.05) is 9.80 Å². The summed E-state index contributed by atoms with van der Waals surface area (Å²) in [6.07, 6.45) is 1.13. The summed E-state index contributed by atoms with van der Waals surface area (Å²) in [5.41, 5.74) is 27.8. The van der Waals surface area contributed by atoms with Crippen LogP contribution in [0, 0.1) is 6.92 Å². The zero-order chi connectivity index (χ0) is 50.9. The minimum atomic E-state index is -0.215. The molecule has 0 aromatic heterocycles. The molecule has 3 heteroatoms. The molecular formula is C68H77BN2. The molecule has 2 aliphatic heterocycles. The van der Waals surface area contributed by atoms with Gasteiger partial charge in [-0.2, -0.15) is 0 Å². The molecule has 71 heavy (non-hydrogen) atoms. The van der Waals surface area contributed by atoms with Crippen molar-refractivity contribution in [3.8, 4) is 11.1 Å². The molecule has 0 atom stereocenters. The van der Waals surface area contributed by atoms with Crippen LogP contribution in [-0.2, 0) is 37.9 Å². The lowest BCUT2D eigenvalue weighted by molar-refractivity contribution is 0.403. The van der Waals surface area contributed by atoms with E-state index in [-0.39, 0.29) is 44.6 Å². The van der Waals surface area contributed by atoms with Crippen molar-refractivity contribution in [1.82, 2.24) is 0 Å². The molecule has 2 heterocycles. The molecule has 0 unspecified atom stereocenters. The topological polar surface area (TPSA) is 6.48 Å². The number of aryl methyl sites for hydroxylation is 1. The number of fused-ring (bicyclic) bond motifs is 7. The largest absolute Gasteiger partial charge is 0.311 e. The SMILES string of the molecule is Cc1cc2c(cc1N1c3cc4c(cc3B3c5cc(C(C)(C)C)ccc5N(c5ccc(C(C)(C)C)cc5-c5ccccc5)c5cc(C(C)(C)C)cc1c53)C(C)(C)c1ccccc1C4(C)C)C(C)(C)CC2(C)C. The minimum absolute atomic E-state index is 0.0191. The summed E-state index contributed by atoms with van der Waals surface area (Å²) >= 11 is 0. The lowest BCUT2D eigenvalue weighted by Crippen LogP contribution is -2.62. The van der Waals surface area contributed by atoms with Gasteiger partial charge in [0.25, 0.3) is 6.71 Å². The van der Waals surface area contributed by atoms with E-state index in [9.17, 15) is 0 Å². The fourth-order valence-corrected chi connectivity index (χ4v) is 13.8. The van der Waals surface area contributed by atoms with E-state index >= 15 is 0 Å². The lowest BCUT2D eigenvalue weighted by Gasteiger charge is -2.49. The van der Waals surface area contributed by atoms with Gasteiger partial charge in [-0.3, -0.25) is 0 Å². The van der Waals surface area contributed by atoms with Gasteiger partial charge in [0.15, 0.2) is 0 Å². The molecule has 0 spiro atoms. The Morgan fingerprint density at radius 1 is 0.394 bits per heavy atom. The molecule has 4 aliphatic rings. The molecule has 0 N–H and O–H groups in total. The fourth-order valence-electron chi connectivity index (χ4n) is 13.8. The van der Waals surface area contributed by atoms with E-state index < -0.39 is 0 Å². The maximum absolute atomic E-state index is 2.75. The van der Waals surface area contributed by atoms with Crippen LogP contribution in [-0.4, -0.2) is 6.71 Å². The number of rotatable bonds is 3. The van der Waals surface area contributed by atoms with Gasteiger partial charge in [0, 0.05) is 44.8 Å². The molecule has 0 fully saturated rings. The maximum Gasteiger partial charge on any atom is 0.252 e. The Morgan fingerprint density at radius 2 is 0.859 bits per heavy atom. The smallest absolute Gasteiger partial charge is 0.252 e. The lowest BCUT2D eigenvalue weighted by atomic mass is 9.32. The van der Waals surface area contributed by atoms with E-state index in [2.05, 4.69) is 262 Å². The number of hydrogen-bond acceptors (Lipinski definition) is 2. The van der Waals surface area contributed by atoms with E-state index in [1.54, 1.807) is 0 Å². The maximum atomic E-state index is 2.75. The van der Waals surface area contributed by atoms with Crippen LogP contribution in [0.4, 0.5) is 34.1 Å². The molecule has 2 aliphatic carbocycles. The highest BCUT2D eigenvalue weighted by Crippen LogP contribution is 2.56. The van der Waals surface area contributed by atoms with Gasteiger partial charge in [0.1, 0.15) is 0 Å². The summed E-state index contributed by atoms with van der Waals surface area (Å²) in [5, 5.41) is 0. The summed E-state index contributed by atoms with van der Waals surface area (Å²) in [5.74, 6) is 0. The van der Waals surface area contributed by atoms with Crippen LogP contribution >= 0.6 is 0 Å². The summed E-state index contributed by atoms with van der Waals surface area (Å²) in [6, 6.07) is 50.9. The summed E-state index contributed by atoms with van der Waals surface area (Å²) in [7, 11) is 0. The van der Waals surface area contributed by atoms with Gasteiger partial charge in [-0.25, -0.2) is 0 Å². The molecule has 0 saturated carbocycles. The van der Waals surface area contributed by atoms with Crippen LogP contribution in [0.25, 0.3) is 11.1 Å². The van der Waals surface area contributed by atoms with Crippen molar-refractivity contribution < 1.29 is 0 Å².